The van der Waals surface area contributed by atoms with Crippen LogP contribution in [0, 0.1) is 0 Å². The third-order valence-corrected chi connectivity index (χ3v) is 0.412. The second-order valence-corrected chi connectivity index (χ2v) is 1.40. The second-order valence-electron chi connectivity index (χ2n) is 1.40. The molecule has 0 radical (unpaired) electrons. The van der Waals surface area contributed by atoms with Gasteiger partial charge in [0.2, 0.25) is 0 Å². The maximum Gasteiger partial charge on any atom is 1.00 e. The van der Waals surface area contributed by atoms with Crippen molar-refractivity contribution in [3.8, 4) is 0 Å². The van der Waals surface area contributed by atoms with E-state index in [1.54, 1.807) is 0 Å². The molecular formula is C5H11KO3. The maximum atomic E-state index is 10.0. The molecule has 0 aliphatic rings. The van der Waals surface area contributed by atoms with Crippen LogP contribution in [0.15, 0.2) is 11.8 Å². The zero-order chi connectivity index (χ0) is 5.86. The van der Waals surface area contributed by atoms with Gasteiger partial charge in [0.05, 0.1) is 5.76 Å². The van der Waals surface area contributed by atoms with Gasteiger partial charge in [-0.25, -0.2) is 0 Å². The molecule has 3 N–H and O–H groups in total. The standard InChI is InChI=1S/C5H8O2.K.H2O.H/c1-4(6)3-5(2)7;;;/h3,6H,1-2H3;;1H2;/q;+1;;-1/b4-3-;;;. The number of allylic oxidation sites excluding steroid dienone is 2. The summed E-state index contributed by atoms with van der Waals surface area (Å²) in [6, 6.07) is 0. The molecule has 0 aromatic carbocycles. The Labute approximate surface area is 98.4 Å². The van der Waals surface area contributed by atoms with Crippen LogP contribution < -0.4 is 51.4 Å². The molecule has 0 aliphatic carbocycles. The first kappa shape index (κ1) is 16.4. The molecule has 50 valence electrons. The van der Waals surface area contributed by atoms with Gasteiger partial charge >= 0.3 is 51.4 Å². The van der Waals surface area contributed by atoms with Crippen LogP contribution in [0.3, 0.4) is 0 Å². The fourth-order valence-electron chi connectivity index (χ4n) is 0.294. The van der Waals surface area contributed by atoms with E-state index in [1.807, 2.05) is 0 Å². The fourth-order valence-corrected chi connectivity index (χ4v) is 0.294. The average molecular weight is 158 g/mol. The van der Waals surface area contributed by atoms with Crippen LogP contribution >= 0.6 is 0 Å². The molecular weight excluding hydrogens is 147 g/mol. The van der Waals surface area contributed by atoms with Crippen molar-refractivity contribution in [2.24, 2.45) is 0 Å². The molecule has 0 heterocycles. The molecule has 4 heteroatoms. The Morgan fingerprint density at radius 1 is 1.56 bits per heavy atom. The molecule has 0 aromatic rings. The van der Waals surface area contributed by atoms with E-state index in [2.05, 4.69) is 0 Å². The molecule has 0 fully saturated rings. The number of aliphatic hydroxyl groups excluding tert-OH is 1. The first-order valence-corrected chi connectivity index (χ1v) is 2.01. The van der Waals surface area contributed by atoms with Gasteiger partial charge in [0, 0.05) is 6.08 Å². The first-order valence-electron chi connectivity index (χ1n) is 2.01. The Kier molecular flexibility index (Phi) is 16.1. The van der Waals surface area contributed by atoms with Gasteiger partial charge in [0.25, 0.3) is 0 Å². The summed E-state index contributed by atoms with van der Waals surface area (Å²) in [6.45, 7) is 2.85. The summed E-state index contributed by atoms with van der Waals surface area (Å²) < 4.78 is 0. The molecule has 0 unspecified atom stereocenters. The molecule has 0 spiro atoms. The predicted molar refractivity (Wildman–Crippen MR) is 31.8 cm³/mol. The predicted octanol–water partition coefficient (Wildman–Crippen LogP) is -2.67. The van der Waals surface area contributed by atoms with Crippen LogP contribution in [0.4, 0.5) is 0 Å². The van der Waals surface area contributed by atoms with Crippen molar-refractivity contribution in [2.45, 2.75) is 13.8 Å². The Bertz CT molecular complexity index is 109. The summed E-state index contributed by atoms with van der Waals surface area (Å²) >= 11 is 0. The van der Waals surface area contributed by atoms with E-state index >= 15 is 0 Å². The van der Waals surface area contributed by atoms with E-state index < -0.39 is 0 Å². The molecule has 3 nitrogen and oxygen atoms in total. The molecule has 0 rings (SSSR count). The van der Waals surface area contributed by atoms with Gasteiger partial charge in [0.1, 0.15) is 0 Å². The SMILES string of the molecule is CC(=O)/C=C(/C)O.O.[H-].[K+]. The van der Waals surface area contributed by atoms with Crippen molar-refractivity contribution in [1.82, 2.24) is 0 Å². The molecule has 0 bridgehead atoms. The smallest absolute Gasteiger partial charge is 1.00 e. The molecule has 0 aromatic heterocycles. The van der Waals surface area contributed by atoms with E-state index in [0.29, 0.717) is 0 Å². The summed E-state index contributed by atoms with van der Waals surface area (Å²) in [5.74, 6) is -0.0625. The quantitative estimate of drug-likeness (QED) is 0.257. The topological polar surface area (TPSA) is 68.8 Å². The third kappa shape index (κ3) is 17.7. The number of hydrogen-bond donors (Lipinski definition) is 1. The first-order chi connectivity index (χ1) is 3.13. The van der Waals surface area contributed by atoms with Crippen LogP contribution in [-0.2, 0) is 4.79 Å². The van der Waals surface area contributed by atoms with E-state index in [9.17, 15) is 4.79 Å². The molecule has 9 heavy (non-hydrogen) atoms. The van der Waals surface area contributed by atoms with Crippen molar-refractivity contribution < 1.29 is 68.2 Å². The summed E-state index contributed by atoms with van der Waals surface area (Å²) in [4.78, 5) is 10.0. The summed E-state index contributed by atoms with van der Waals surface area (Å²) in [6.07, 6.45) is 1.17. The number of rotatable bonds is 1. The third-order valence-electron chi connectivity index (χ3n) is 0.412. The molecule has 0 aliphatic heterocycles. The van der Waals surface area contributed by atoms with Crippen molar-refractivity contribution >= 4 is 5.78 Å². The van der Waals surface area contributed by atoms with Gasteiger partial charge in [-0.15, -0.1) is 0 Å². The van der Waals surface area contributed by atoms with Gasteiger partial charge in [0.15, 0.2) is 5.78 Å². The molecule has 0 saturated carbocycles. The number of carbonyl (C=O) groups excluding carboxylic acids is 1. The van der Waals surface area contributed by atoms with Crippen LogP contribution in [0.2, 0.25) is 0 Å². The Hall–Kier alpha value is 0.806. The van der Waals surface area contributed by atoms with Gasteiger partial charge in [-0.1, -0.05) is 0 Å². The number of aliphatic hydroxyl groups is 1. The van der Waals surface area contributed by atoms with Crippen molar-refractivity contribution in [2.75, 3.05) is 0 Å². The maximum absolute atomic E-state index is 10.0. The Morgan fingerprint density at radius 2 is 1.89 bits per heavy atom. The number of carbonyl (C=O) groups is 1. The molecule has 0 atom stereocenters. The summed E-state index contributed by atoms with van der Waals surface area (Å²) in [5, 5.41) is 8.36. The van der Waals surface area contributed by atoms with Crippen molar-refractivity contribution in [3.63, 3.8) is 0 Å². The Morgan fingerprint density at radius 3 is 1.89 bits per heavy atom. The van der Waals surface area contributed by atoms with Crippen molar-refractivity contribution in [1.29, 1.82) is 0 Å². The minimum Gasteiger partial charge on any atom is -1.00 e. The van der Waals surface area contributed by atoms with E-state index in [-0.39, 0.29) is 69.8 Å². The fraction of sp³-hybridized carbons (Fsp3) is 0.400. The number of hydrogen-bond acceptors (Lipinski definition) is 2. The zero-order valence-corrected chi connectivity index (χ0v) is 9.06. The summed E-state index contributed by atoms with van der Waals surface area (Å²) in [7, 11) is 0. The molecule has 0 saturated heterocycles. The number of ketones is 1. The van der Waals surface area contributed by atoms with E-state index in [1.165, 1.54) is 19.9 Å². The van der Waals surface area contributed by atoms with Gasteiger partial charge in [-0.3, -0.25) is 4.79 Å². The van der Waals surface area contributed by atoms with Crippen LogP contribution in [-0.4, -0.2) is 16.4 Å². The Balaban J connectivity index is -0.0000000600. The zero-order valence-electron chi connectivity index (χ0n) is 6.93. The minimum absolute atomic E-state index is 0. The summed E-state index contributed by atoms with van der Waals surface area (Å²) in [5.41, 5.74) is 0. The van der Waals surface area contributed by atoms with E-state index in [0.717, 1.165) is 0 Å². The molecule has 0 amide bonds. The van der Waals surface area contributed by atoms with Gasteiger partial charge in [-0.2, -0.15) is 0 Å². The minimum atomic E-state index is -0.125. The van der Waals surface area contributed by atoms with Crippen LogP contribution in [0.5, 0.6) is 0 Å². The second kappa shape index (κ2) is 8.81. The van der Waals surface area contributed by atoms with E-state index in [4.69, 9.17) is 5.11 Å². The normalized spacial score (nSPS) is 8.89. The van der Waals surface area contributed by atoms with Gasteiger partial charge < -0.3 is 12.0 Å². The largest absolute Gasteiger partial charge is 1.00 e. The average Bonchev–Trinajstić information content (AvgIpc) is 1.27. The van der Waals surface area contributed by atoms with Crippen LogP contribution in [0.25, 0.3) is 0 Å². The monoisotopic (exact) mass is 158 g/mol. The van der Waals surface area contributed by atoms with Crippen molar-refractivity contribution in [3.05, 3.63) is 11.8 Å². The van der Waals surface area contributed by atoms with Crippen LogP contribution in [0.1, 0.15) is 15.3 Å². The van der Waals surface area contributed by atoms with Gasteiger partial charge in [-0.05, 0) is 13.8 Å².